The Labute approximate surface area is 231 Å². The number of amides is 2. The molecular weight excluding hydrogens is 575 g/mol. The molecule has 0 aromatic heterocycles. The summed E-state index contributed by atoms with van der Waals surface area (Å²) in [5, 5.41) is 0. The van der Waals surface area contributed by atoms with Crippen LogP contribution in [0, 0.1) is 11.7 Å². The van der Waals surface area contributed by atoms with Crippen molar-refractivity contribution in [1.82, 2.24) is 9.21 Å². The second-order valence-corrected chi connectivity index (χ2v) is 12.9. The van der Waals surface area contributed by atoms with Crippen molar-refractivity contribution in [2.24, 2.45) is 5.92 Å². The third-order valence-corrected chi connectivity index (χ3v) is 10.1. The van der Waals surface area contributed by atoms with E-state index >= 15 is 0 Å². The molecule has 0 saturated carbocycles. The molecule has 0 N–H and O–H groups in total. The summed E-state index contributed by atoms with van der Waals surface area (Å²) in [6.07, 6.45) is 2.14. The van der Waals surface area contributed by atoms with Crippen molar-refractivity contribution in [3.63, 3.8) is 0 Å². The highest BCUT2D eigenvalue weighted by Crippen LogP contribution is 2.40. The van der Waals surface area contributed by atoms with E-state index in [1.54, 1.807) is 30.0 Å². The fraction of sp³-hybridized carbons (Fsp3) is 0.481. The first-order chi connectivity index (χ1) is 18.2. The highest BCUT2D eigenvalue weighted by Gasteiger charge is 2.39. The monoisotopic (exact) mass is 606 g/mol. The van der Waals surface area contributed by atoms with Crippen LogP contribution in [0.1, 0.15) is 31.7 Å². The van der Waals surface area contributed by atoms with E-state index in [0.29, 0.717) is 75.1 Å². The Bertz CT molecular complexity index is 1330. The number of hydrogen-bond donors (Lipinski definition) is 0. The molecule has 8 nitrogen and oxygen atoms in total. The van der Waals surface area contributed by atoms with E-state index in [9.17, 15) is 22.4 Å². The van der Waals surface area contributed by atoms with Gasteiger partial charge in [-0.3, -0.25) is 9.59 Å². The minimum absolute atomic E-state index is 0.0223. The highest BCUT2D eigenvalue weighted by atomic mass is 79.9. The smallest absolute Gasteiger partial charge is 0.245 e. The van der Waals surface area contributed by atoms with Crippen molar-refractivity contribution >= 4 is 49.1 Å². The first-order valence-corrected chi connectivity index (χ1v) is 15.3. The molecule has 2 aromatic carbocycles. The summed E-state index contributed by atoms with van der Waals surface area (Å²) in [7, 11) is -3.93. The lowest BCUT2D eigenvalue weighted by Crippen LogP contribution is -2.53. The van der Waals surface area contributed by atoms with Crippen LogP contribution in [0.15, 0.2) is 45.8 Å². The number of hydrogen-bond acceptors (Lipinski definition) is 5. The molecule has 2 amide bonds. The van der Waals surface area contributed by atoms with Crippen molar-refractivity contribution in [1.29, 1.82) is 0 Å². The fourth-order valence-electron chi connectivity index (χ4n) is 5.70. The van der Waals surface area contributed by atoms with Crippen LogP contribution in [0.25, 0.3) is 0 Å². The molecule has 3 heterocycles. The average molecular weight is 608 g/mol. The molecule has 0 aliphatic carbocycles. The van der Waals surface area contributed by atoms with Gasteiger partial charge in [-0.25, -0.2) is 12.8 Å². The van der Waals surface area contributed by atoms with Crippen LogP contribution < -0.4 is 9.80 Å². The van der Waals surface area contributed by atoms with Crippen molar-refractivity contribution in [2.45, 2.75) is 37.5 Å². The number of piperazine rings is 1. The zero-order valence-electron chi connectivity index (χ0n) is 21.4. The molecule has 0 spiro atoms. The minimum Gasteiger partial charge on any atom is -0.368 e. The van der Waals surface area contributed by atoms with Gasteiger partial charge in [0, 0.05) is 62.4 Å². The number of halogens is 2. The fourth-order valence-corrected chi connectivity index (χ4v) is 8.14. The Balaban J connectivity index is 1.30. The predicted molar refractivity (Wildman–Crippen MR) is 147 cm³/mol. The van der Waals surface area contributed by atoms with Gasteiger partial charge in [-0.2, -0.15) is 4.31 Å². The molecule has 5 rings (SSSR count). The molecule has 1 unspecified atom stereocenters. The number of nitrogens with zero attached hydrogens (tertiary/aromatic N) is 4. The number of carbonyl (C=O) groups excluding carboxylic acids is 2. The molecule has 1 atom stereocenters. The molecule has 2 saturated heterocycles. The summed E-state index contributed by atoms with van der Waals surface area (Å²) >= 11 is 3.45. The van der Waals surface area contributed by atoms with Crippen LogP contribution in [0.2, 0.25) is 0 Å². The highest BCUT2D eigenvalue weighted by molar-refractivity contribution is 9.10. The van der Waals surface area contributed by atoms with Gasteiger partial charge >= 0.3 is 0 Å². The van der Waals surface area contributed by atoms with Gasteiger partial charge in [0.15, 0.2) is 0 Å². The lowest BCUT2D eigenvalue weighted by Gasteiger charge is -2.39. The third-order valence-electron chi connectivity index (χ3n) is 7.73. The second kappa shape index (κ2) is 10.9. The zero-order chi connectivity index (χ0) is 27.0. The van der Waals surface area contributed by atoms with Gasteiger partial charge in [0.2, 0.25) is 21.8 Å². The second-order valence-electron chi connectivity index (χ2n) is 10.1. The predicted octanol–water partition coefficient (Wildman–Crippen LogP) is 3.64. The van der Waals surface area contributed by atoms with Gasteiger partial charge in [-0.15, -0.1) is 0 Å². The number of anilines is 2. The maximum absolute atomic E-state index is 13.9. The van der Waals surface area contributed by atoms with Crippen LogP contribution in [0.3, 0.4) is 0 Å². The Morgan fingerprint density at radius 2 is 1.74 bits per heavy atom. The van der Waals surface area contributed by atoms with Crippen molar-refractivity contribution in [3.8, 4) is 0 Å². The van der Waals surface area contributed by atoms with E-state index in [0.717, 1.165) is 11.3 Å². The van der Waals surface area contributed by atoms with E-state index in [1.807, 2.05) is 11.0 Å². The maximum atomic E-state index is 13.9. The SMILES string of the molecule is CCC(=O)N1CCc2cc(Br)cc(S(=O)(=O)N3CCCC(C(=O)N4CCN(c5ccc(F)cc5)CC4)C3)c21. The zero-order valence-corrected chi connectivity index (χ0v) is 23.8. The summed E-state index contributed by atoms with van der Waals surface area (Å²) in [5.41, 5.74) is 2.24. The largest absolute Gasteiger partial charge is 0.368 e. The topological polar surface area (TPSA) is 81.2 Å². The molecular formula is C27H32BrFN4O4S. The Morgan fingerprint density at radius 1 is 1.03 bits per heavy atom. The summed E-state index contributed by atoms with van der Waals surface area (Å²) in [6.45, 7) is 5.05. The van der Waals surface area contributed by atoms with E-state index in [2.05, 4.69) is 20.8 Å². The first-order valence-electron chi connectivity index (χ1n) is 13.1. The van der Waals surface area contributed by atoms with Crippen LogP contribution in [0.5, 0.6) is 0 Å². The van der Waals surface area contributed by atoms with Crippen molar-refractivity contribution in [2.75, 3.05) is 55.6 Å². The molecule has 38 heavy (non-hydrogen) atoms. The molecule has 3 aliphatic heterocycles. The number of benzene rings is 2. The van der Waals surface area contributed by atoms with Crippen LogP contribution in [-0.2, 0) is 26.0 Å². The summed E-state index contributed by atoms with van der Waals surface area (Å²) < 4.78 is 43.2. The first kappa shape index (κ1) is 27.1. The molecule has 2 fully saturated rings. The van der Waals surface area contributed by atoms with E-state index in [4.69, 9.17) is 0 Å². The number of piperidine rings is 1. The summed E-state index contributed by atoms with van der Waals surface area (Å²) in [6, 6.07) is 9.81. The number of carbonyl (C=O) groups is 2. The average Bonchev–Trinajstić information content (AvgIpc) is 3.36. The van der Waals surface area contributed by atoms with E-state index in [-0.39, 0.29) is 29.1 Å². The van der Waals surface area contributed by atoms with Gasteiger partial charge in [-0.1, -0.05) is 22.9 Å². The summed E-state index contributed by atoms with van der Waals surface area (Å²) in [5.74, 6) is -0.818. The van der Waals surface area contributed by atoms with Gasteiger partial charge in [0.25, 0.3) is 0 Å². The van der Waals surface area contributed by atoms with Gasteiger partial charge in [0.1, 0.15) is 10.7 Å². The van der Waals surface area contributed by atoms with Crippen LogP contribution in [0.4, 0.5) is 15.8 Å². The van der Waals surface area contributed by atoms with E-state index in [1.165, 1.54) is 16.4 Å². The Kier molecular flexibility index (Phi) is 7.79. The Hall–Kier alpha value is -2.50. The van der Waals surface area contributed by atoms with Crippen molar-refractivity contribution < 1.29 is 22.4 Å². The lowest BCUT2D eigenvalue weighted by atomic mass is 9.97. The lowest BCUT2D eigenvalue weighted by molar-refractivity contribution is -0.137. The minimum atomic E-state index is -3.93. The molecule has 0 radical (unpaired) electrons. The molecule has 0 bridgehead atoms. The van der Waals surface area contributed by atoms with Crippen LogP contribution >= 0.6 is 15.9 Å². The number of sulfonamides is 1. The normalized spacial score (nSPS) is 20.5. The maximum Gasteiger partial charge on any atom is 0.245 e. The standard InChI is InChI=1S/C27H32BrFN4O4S/c1-2-25(34)33-11-9-19-16-21(28)17-24(26(19)33)38(36,37)32-10-3-4-20(18-32)27(35)31-14-12-30(13-15-31)23-7-5-22(29)6-8-23/h5-8,16-17,20H,2-4,9-15,18H2,1H3. The van der Waals surface area contributed by atoms with Crippen LogP contribution in [-0.4, -0.2) is 75.3 Å². The molecule has 204 valence electrons. The summed E-state index contributed by atoms with van der Waals surface area (Å²) in [4.78, 5) is 31.7. The third kappa shape index (κ3) is 5.20. The number of fused-ring (bicyclic) bond motifs is 1. The van der Waals surface area contributed by atoms with E-state index < -0.39 is 15.9 Å². The van der Waals surface area contributed by atoms with Gasteiger partial charge in [-0.05, 0) is 61.2 Å². The molecule has 11 heteroatoms. The Morgan fingerprint density at radius 3 is 2.42 bits per heavy atom. The molecule has 3 aliphatic rings. The van der Waals surface area contributed by atoms with Gasteiger partial charge in [0.05, 0.1) is 11.6 Å². The quantitative estimate of drug-likeness (QED) is 0.519. The number of rotatable bonds is 5. The van der Waals surface area contributed by atoms with Gasteiger partial charge < -0.3 is 14.7 Å². The van der Waals surface area contributed by atoms with Crippen molar-refractivity contribution in [3.05, 3.63) is 52.3 Å². The molecule has 2 aromatic rings.